The number of carbonyl (C=O) groups is 1. The molecular formula is C30H44N2O3. The fourth-order valence-corrected chi connectivity index (χ4v) is 5.01. The Morgan fingerprint density at radius 2 is 1.43 bits per heavy atom. The molecular weight excluding hydrogens is 436 g/mol. The summed E-state index contributed by atoms with van der Waals surface area (Å²) in [4.78, 5) is 21.2. The van der Waals surface area contributed by atoms with Gasteiger partial charge in [0.05, 0.1) is 19.0 Å². The molecule has 0 saturated heterocycles. The summed E-state index contributed by atoms with van der Waals surface area (Å²) < 4.78 is 11.3. The van der Waals surface area contributed by atoms with Gasteiger partial charge < -0.3 is 9.47 Å². The van der Waals surface area contributed by atoms with Gasteiger partial charge in [0.1, 0.15) is 5.75 Å². The Morgan fingerprint density at radius 3 is 2.09 bits per heavy atom. The van der Waals surface area contributed by atoms with Crippen molar-refractivity contribution < 1.29 is 14.3 Å². The van der Waals surface area contributed by atoms with Gasteiger partial charge in [0.25, 0.3) is 0 Å². The van der Waals surface area contributed by atoms with Gasteiger partial charge in [-0.3, -0.25) is 4.79 Å². The summed E-state index contributed by atoms with van der Waals surface area (Å²) in [5, 5.41) is 0. The van der Waals surface area contributed by atoms with E-state index < -0.39 is 0 Å². The molecule has 0 atom stereocenters. The second kappa shape index (κ2) is 15.5. The third-order valence-corrected chi connectivity index (χ3v) is 7.16. The van der Waals surface area contributed by atoms with Gasteiger partial charge in [0, 0.05) is 12.0 Å². The van der Waals surface area contributed by atoms with E-state index in [-0.39, 0.29) is 5.97 Å². The lowest BCUT2D eigenvalue weighted by Crippen LogP contribution is -2.16. The van der Waals surface area contributed by atoms with E-state index in [1.807, 2.05) is 24.3 Å². The molecule has 192 valence electrons. The van der Waals surface area contributed by atoms with Crippen LogP contribution in [0.1, 0.15) is 104 Å². The SMILES string of the molecule is CCCCCCCCOc1cnc(-c2ccc(OC(=O)CC[C@H]3CC[C@H](CCC)CC3)cc2)nc1. The van der Waals surface area contributed by atoms with Crippen molar-refractivity contribution in [3.05, 3.63) is 36.7 Å². The highest BCUT2D eigenvalue weighted by molar-refractivity contribution is 5.72. The molecule has 0 bridgehead atoms. The molecule has 1 aromatic carbocycles. The van der Waals surface area contributed by atoms with Gasteiger partial charge in [-0.15, -0.1) is 0 Å². The molecule has 1 fully saturated rings. The summed E-state index contributed by atoms with van der Waals surface area (Å²) in [7, 11) is 0. The van der Waals surface area contributed by atoms with Crippen molar-refractivity contribution in [2.24, 2.45) is 11.8 Å². The van der Waals surface area contributed by atoms with Crippen LogP contribution in [0.25, 0.3) is 11.4 Å². The Balaban J connectivity index is 1.35. The van der Waals surface area contributed by atoms with Crippen molar-refractivity contribution in [2.45, 2.75) is 104 Å². The second-order valence-electron chi connectivity index (χ2n) is 10.1. The molecule has 5 heteroatoms. The standard InChI is InChI=1S/C30H44N2O3/c1-3-5-6-7-8-9-21-34-28-22-31-30(32-23-28)26-16-18-27(19-17-26)35-29(33)20-15-25-13-11-24(10-4-2)12-14-25/h16-19,22-25H,3-15,20-21H2,1-2H3/t24-,25-. The number of aromatic nitrogens is 2. The predicted octanol–water partition coefficient (Wildman–Crippen LogP) is 8.18. The highest BCUT2D eigenvalue weighted by Gasteiger charge is 2.21. The van der Waals surface area contributed by atoms with E-state index >= 15 is 0 Å². The van der Waals surface area contributed by atoms with E-state index in [1.165, 1.54) is 70.6 Å². The highest BCUT2D eigenvalue weighted by atomic mass is 16.5. The maximum absolute atomic E-state index is 12.3. The molecule has 0 radical (unpaired) electrons. The van der Waals surface area contributed by atoms with Crippen LogP contribution >= 0.6 is 0 Å². The lowest BCUT2D eigenvalue weighted by molar-refractivity contribution is -0.134. The predicted molar refractivity (Wildman–Crippen MR) is 142 cm³/mol. The summed E-state index contributed by atoms with van der Waals surface area (Å²) in [6.07, 6.45) is 20.1. The molecule has 0 amide bonds. The zero-order chi connectivity index (χ0) is 24.7. The minimum atomic E-state index is -0.142. The van der Waals surface area contributed by atoms with Gasteiger partial charge in [0.2, 0.25) is 0 Å². The molecule has 1 saturated carbocycles. The van der Waals surface area contributed by atoms with Crippen LogP contribution in [-0.4, -0.2) is 22.5 Å². The molecule has 1 aliphatic carbocycles. The fourth-order valence-electron chi connectivity index (χ4n) is 5.01. The van der Waals surface area contributed by atoms with E-state index in [2.05, 4.69) is 23.8 Å². The van der Waals surface area contributed by atoms with Crippen molar-refractivity contribution in [1.82, 2.24) is 9.97 Å². The van der Waals surface area contributed by atoms with Gasteiger partial charge in [-0.2, -0.15) is 0 Å². The molecule has 1 aromatic heterocycles. The van der Waals surface area contributed by atoms with Crippen molar-refractivity contribution >= 4 is 5.97 Å². The Bertz CT molecular complexity index is 843. The van der Waals surface area contributed by atoms with E-state index in [9.17, 15) is 4.79 Å². The number of rotatable bonds is 15. The Labute approximate surface area is 212 Å². The van der Waals surface area contributed by atoms with Crippen LogP contribution in [0.15, 0.2) is 36.7 Å². The van der Waals surface area contributed by atoms with Crippen molar-refractivity contribution in [1.29, 1.82) is 0 Å². The van der Waals surface area contributed by atoms with Gasteiger partial charge in [-0.25, -0.2) is 9.97 Å². The Hall–Kier alpha value is -2.43. The molecule has 1 heterocycles. The van der Waals surface area contributed by atoms with Crippen LogP contribution in [0.5, 0.6) is 11.5 Å². The third kappa shape index (κ3) is 9.99. The smallest absolute Gasteiger partial charge is 0.311 e. The van der Waals surface area contributed by atoms with Crippen LogP contribution in [-0.2, 0) is 4.79 Å². The first-order chi connectivity index (χ1) is 17.2. The van der Waals surface area contributed by atoms with E-state index in [0.29, 0.717) is 36.3 Å². The van der Waals surface area contributed by atoms with Gasteiger partial charge in [0.15, 0.2) is 11.6 Å². The molecule has 0 spiro atoms. The monoisotopic (exact) mass is 480 g/mol. The van der Waals surface area contributed by atoms with Crippen LogP contribution in [0.2, 0.25) is 0 Å². The first-order valence-corrected chi connectivity index (χ1v) is 13.9. The maximum Gasteiger partial charge on any atom is 0.311 e. The van der Waals surface area contributed by atoms with Crippen LogP contribution in [0.3, 0.4) is 0 Å². The molecule has 35 heavy (non-hydrogen) atoms. The summed E-state index contributed by atoms with van der Waals surface area (Å²) in [6.45, 7) is 5.21. The number of hydrogen-bond donors (Lipinski definition) is 0. The quantitative estimate of drug-likeness (QED) is 0.146. The first-order valence-electron chi connectivity index (χ1n) is 13.9. The molecule has 0 unspecified atom stereocenters. The molecule has 3 rings (SSSR count). The number of esters is 1. The normalized spacial score (nSPS) is 17.8. The van der Waals surface area contributed by atoms with E-state index in [4.69, 9.17) is 9.47 Å². The van der Waals surface area contributed by atoms with Crippen LogP contribution in [0.4, 0.5) is 0 Å². The maximum atomic E-state index is 12.3. The molecule has 2 aromatic rings. The number of carbonyl (C=O) groups excluding carboxylic acids is 1. The summed E-state index contributed by atoms with van der Waals surface area (Å²) in [6, 6.07) is 7.42. The van der Waals surface area contributed by atoms with Gasteiger partial charge in [-0.05, 0) is 48.9 Å². The summed E-state index contributed by atoms with van der Waals surface area (Å²) in [5.74, 6) is 3.34. The fraction of sp³-hybridized carbons (Fsp3) is 0.633. The minimum Gasteiger partial charge on any atom is -0.490 e. The number of nitrogens with zero attached hydrogens (tertiary/aromatic N) is 2. The van der Waals surface area contributed by atoms with Gasteiger partial charge >= 0.3 is 5.97 Å². The van der Waals surface area contributed by atoms with E-state index in [0.717, 1.165) is 24.3 Å². The average Bonchev–Trinajstić information content (AvgIpc) is 2.89. The Kier molecular flexibility index (Phi) is 12.1. The van der Waals surface area contributed by atoms with Crippen molar-refractivity contribution in [2.75, 3.05) is 6.61 Å². The van der Waals surface area contributed by atoms with E-state index in [1.54, 1.807) is 12.4 Å². The number of hydrogen-bond acceptors (Lipinski definition) is 5. The number of benzene rings is 1. The summed E-state index contributed by atoms with van der Waals surface area (Å²) in [5.41, 5.74) is 0.885. The summed E-state index contributed by atoms with van der Waals surface area (Å²) >= 11 is 0. The van der Waals surface area contributed by atoms with Crippen molar-refractivity contribution in [3.63, 3.8) is 0 Å². The van der Waals surface area contributed by atoms with Crippen LogP contribution < -0.4 is 9.47 Å². The third-order valence-electron chi connectivity index (χ3n) is 7.16. The average molecular weight is 481 g/mol. The van der Waals surface area contributed by atoms with Gasteiger partial charge in [-0.1, -0.05) is 84.5 Å². The zero-order valence-corrected chi connectivity index (χ0v) is 21.8. The number of unbranched alkanes of at least 4 members (excludes halogenated alkanes) is 5. The molecule has 1 aliphatic rings. The van der Waals surface area contributed by atoms with Crippen LogP contribution in [0, 0.1) is 11.8 Å². The Morgan fingerprint density at radius 1 is 0.800 bits per heavy atom. The minimum absolute atomic E-state index is 0.142. The highest BCUT2D eigenvalue weighted by Crippen LogP contribution is 2.34. The first kappa shape index (κ1) is 27.2. The second-order valence-corrected chi connectivity index (χ2v) is 10.1. The topological polar surface area (TPSA) is 61.3 Å². The molecule has 0 aliphatic heterocycles. The molecule has 0 N–H and O–H groups in total. The lowest BCUT2D eigenvalue weighted by atomic mass is 9.78. The molecule has 5 nitrogen and oxygen atoms in total. The number of ether oxygens (including phenoxy) is 2. The largest absolute Gasteiger partial charge is 0.490 e. The zero-order valence-electron chi connectivity index (χ0n) is 21.8. The van der Waals surface area contributed by atoms with Crippen molar-refractivity contribution in [3.8, 4) is 22.9 Å². The lowest BCUT2D eigenvalue weighted by Gasteiger charge is -2.28.